The van der Waals surface area contributed by atoms with Crippen molar-refractivity contribution in [1.82, 2.24) is 5.32 Å². The highest BCUT2D eigenvalue weighted by atomic mass is 16.4. The van der Waals surface area contributed by atoms with Crippen molar-refractivity contribution in [2.75, 3.05) is 0 Å². The number of rotatable bonds is 6. The lowest BCUT2D eigenvalue weighted by atomic mass is 9.74. The highest BCUT2D eigenvalue weighted by molar-refractivity contribution is 5.73. The topological polar surface area (TPSA) is 49.3 Å². The minimum absolute atomic E-state index is 0.347. The molecule has 1 aliphatic carbocycles. The van der Waals surface area contributed by atoms with Gasteiger partial charge in [-0.25, -0.2) is 0 Å². The van der Waals surface area contributed by atoms with Gasteiger partial charge in [-0.1, -0.05) is 38.1 Å². The molecule has 0 amide bonds. The number of hydrogen-bond acceptors (Lipinski definition) is 2. The Morgan fingerprint density at radius 2 is 2.00 bits per heavy atom. The number of carboxylic acids is 1. The van der Waals surface area contributed by atoms with Crippen molar-refractivity contribution >= 4 is 5.97 Å². The van der Waals surface area contributed by atoms with Crippen LogP contribution in [0.2, 0.25) is 0 Å². The summed E-state index contributed by atoms with van der Waals surface area (Å²) in [5.41, 5.74) is 2.76. The smallest absolute Gasteiger partial charge is 0.320 e. The summed E-state index contributed by atoms with van der Waals surface area (Å²) < 4.78 is 0. The van der Waals surface area contributed by atoms with Crippen LogP contribution in [0.25, 0.3) is 0 Å². The highest BCUT2D eigenvalue weighted by Gasteiger charge is 2.33. The minimum Gasteiger partial charge on any atom is -0.480 e. The van der Waals surface area contributed by atoms with Crippen LogP contribution >= 0.6 is 0 Å². The Bertz CT molecular complexity index is 464. The maximum absolute atomic E-state index is 11.3. The second-order valence-corrected chi connectivity index (χ2v) is 6.41. The number of aliphatic carboxylic acids is 1. The van der Waals surface area contributed by atoms with Gasteiger partial charge in [0.05, 0.1) is 0 Å². The van der Waals surface area contributed by atoms with Gasteiger partial charge in [-0.2, -0.15) is 0 Å². The summed E-state index contributed by atoms with van der Waals surface area (Å²) in [4.78, 5) is 11.3. The molecule has 1 fully saturated rings. The molecule has 1 saturated carbocycles. The molecule has 1 aromatic carbocycles. The second kappa shape index (κ2) is 6.40. The largest absolute Gasteiger partial charge is 0.480 e. The molecule has 2 N–H and O–H groups in total. The lowest BCUT2D eigenvalue weighted by molar-refractivity contribution is -0.140. The molecule has 0 spiro atoms. The van der Waals surface area contributed by atoms with Crippen LogP contribution < -0.4 is 5.32 Å². The molecule has 1 aliphatic rings. The van der Waals surface area contributed by atoms with Crippen LogP contribution in [0.4, 0.5) is 0 Å². The molecule has 0 radical (unpaired) electrons. The predicted octanol–water partition coefficient (Wildman–Crippen LogP) is 3.33. The van der Waals surface area contributed by atoms with Gasteiger partial charge in [-0.15, -0.1) is 0 Å². The summed E-state index contributed by atoms with van der Waals surface area (Å²) in [5.74, 6) is 0.260. The zero-order valence-electron chi connectivity index (χ0n) is 12.6. The van der Waals surface area contributed by atoms with E-state index in [0.717, 1.165) is 12.8 Å². The molecule has 2 rings (SSSR count). The van der Waals surface area contributed by atoms with E-state index in [2.05, 4.69) is 50.4 Å². The van der Waals surface area contributed by atoms with E-state index < -0.39 is 12.0 Å². The summed E-state index contributed by atoms with van der Waals surface area (Å²) in [6.45, 7) is 6.28. The third-order valence-electron chi connectivity index (χ3n) is 4.21. The van der Waals surface area contributed by atoms with Gasteiger partial charge in [0.25, 0.3) is 0 Å². The third kappa shape index (κ3) is 3.60. The van der Waals surface area contributed by atoms with E-state index in [-0.39, 0.29) is 0 Å². The molecule has 110 valence electrons. The first-order chi connectivity index (χ1) is 9.47. The zero-order valence-corrected chi connectivity index (χ0v) is 12.6. The first-order valence-electron chi connectivity index (χ1n) is 7.51. The number of aryl methyl sites for hydroxylation is 1. The first-order valence-corrected chi connectivity index (χ1v) is 7.51. The monoisotopic (exact) mass is 275 g/mol. The van der Waals surface area contributed by atoms with Crippen LogP contribution in [0.5, 0.6) is 0 Å². The predicted molar refractivity (Wildman–Crippen MR) is 81.0 cm³/mol. The van der Waals surface area contributed by atoms with E-state index in [1.54, 1.807) is 0 Å². The Morgan fingerprint density at radius 3 is 2.55 bits per heavy atom. The molecule has 0 aliphatic heterocycles. The second-order valence-electron chi connectivity index (χ2n) is 6.41. The number of benzene rings is 1. The van der Waals surface area contributed by atoms with E-state index in [4.69, 9.17) is 0 Å². The Morgan fingerprint density at radius 1 is 1.35 bits per heavy atom. The quantitative estimate of drug-likeness (QED) is 0.837. The van der Waals surface area contributed by atoms with Crippen LogP contribution in [-0.2, 0) is 4.79 Å². The van der Waals surface area contributed by atoms with Gasteiger partial charge in [0.1, 0.15) is 6.04 Å². The number of carboxylic acid groups (broad SMARTS) is 1. The summed E-state index contributed by atoms with van der Waals surface area (Å²) in [6, 6.07) is 8.43. The van der Waals surface area contributed by atoms with Crippen LogP contribution in [0, 0.1) is 12.8 Å². The molecule has 0 bridgehead atoms. The molecule has 0 aromatic heterocycles. The average Bonchev–Trinajstić information content (AvgIpc) is 2.32. The molecular weight excluding hydrogens is 250 g/mol. The molecule has 3 nitrogen and oxygen atoms in total. The van der Waals surface area contributed by atoms with Crippen LogP contribution in [0.1, 0.15) is 50.2 Å². The van der Waals surface area contributed by atoms with Crippen molar-refractivity contribution in [3.63, 3.8) is 0 Å². The lowest BCUT2D eigenvalue weighted by Crippen LogP contribution is -2.49. The SMILES string of the molecule is Cc1ccccc1C1CC(NC(CC(C)C)C(=O)O)C1. The molecule has 1 aromatic rings. The van der Waals surface area contributed by atoms with Gasteiger partial charge >= 0.3 is 5.97 Å². The van der Waals surface area contributed by atoms with Crippen LogP contribution in [0.15, 0.2) is 24.3 Å². The van der Waals surface area contributed by atoms with Crippen LogP contribution in [0.3, 0.4) is 0 Å². The fourth-order valence-electron chi connectivity index (χ4n) is 3.05. The Balaban J connectivity index is 1.87. The van der Waals surface area contributed by atoms with Gasteiger partial charge in [-0.3, -0.25) is 4.79 Å². The number of carbonyl (C=O) groups is 1. The maximum atomic E-state index is 11.3. The van der Waals surface area contributed by atoms with Crippen molar-refractivity contribution in [3.8, 4) is 0 Å². The Kier molecular flexibility index (Phi) is 4.81. The highest BCUT2D eigenvalue weighted by Crippen LogP contribution is 2.38. The van der Waals surface area contributed by atoms with E-state index in [9.17, 15) is 9.90 Å². The van der Waals surface area contributed by atoms with Gasteiger partial charge in [0.15, 0.2) is 0 Å². The van der Waals surface area contributed by atoms with Gasteiger partial charge in [-0.05, 0) is 49.1 Å². The Hall–Kier alpha value is -1.35. The van der Waals surface area contributed by atoms with Crippen molar-refractivity contribution in [2.45, 2.75) is 58.0 Å². The lowest BCUT2D eigenvalue weighted by Gasteiger charge is -2.39. The van der Waals surface area contributed by atoms with Crippen LogP contribution in [-0.4, -0.2) is 23.2 Å². The summed E-state index contributed by atoms with van der Waals surface area (Å²) >= 11 is 0. The van der Waals surface area contributed by atoms with Crippen molar-refractivity contribution in [3.05, 3.63) is 35.4 Å². The maximum Gasteiger partial charge on any atom is 0.320 e. The number of nitrogens with one attached hydrogen (secondary N) is 1. The molecule has 3 heteroatoms. The third-order valence-corrected chi connectivity index (χ3v) is 4.21. The number of hydrogen-bond donors (Lipinski definition) is 2. The molecule has 20 heavy (non-hydrogen) atoms. The van der Waals surface area contributed by atoms with Crippen molar-refractivity contribution in [1.29, 1.82) is 0 Å². The van der Waals surface area contributed by atoms with E-state index >= 15 is 0 Å². The van der Waals surface area contributed by atoms with Crippen molar-refractivity contribution < 1.29 is 9.90 Å². The fraction of sp³-hybridized carbons (Fsp3) is 0.588. The fourth-order valence-corrected chi connectivity index (χ4v) is 3.05. The summed E-state index contributed by atoms with van der Waals surface area (Å²) in [5, 5.41) is 12.6. The normalized spacial score (nSPS) is 23.4. The van der Waals surface area contributed by atoms with Crippen molar-refractivity contribution in [2.24, 2.45) is 5.92 Å². The molecule has 1 unspecified atom stereocenters. The van der Waals surface area contributed by atoms with Gasteiger partial charge < -0.3 is 10.4 Å². The minimum atomic E-state index is -0.724. The van der Waals surface area contributed by atoms with Gasteiger partial charge in [0, 0.05) is 6.04 Å². The molecule has 0 heterocycles. The van der Waals surface area contributed by atoms with E-state index in [1.165, 1.54) is 11.1 Å². The van der Waals surface area contributed by atoms with Gasteiger partial charge in [0.2, 0.25) is 0 Å². The Labute approximate surface area is 121 Å². The first kappa shape index (κ1) is 15.0. The summed E-state index contributed by atoms with van der Waals surface area (Å²) in [7, 11) is 0. The van der Waals surface area contributed by atoms with E-state index in [1.807, 2.05) is 0 Å². The molecular formula is C17H25NO2. The molecule has 1 atom stereocenters. The zero-order chi connectivity index (χ0) is 14.7. The van der Waals surface area contributed by atoms with E-state index in [0.29, 0.717) is 24.3 Å². The standard InChI is InChI=1S/C17H25NO2/c1-11(2)8-16(17(19)20)18-14-9-13(10-14)15-7-5-4-6-12(15)3/h4-7,11,13-14,16,18H,8-10H2,1-3H3,(H,19,20). The summed E-state index contributed by atoms with van der Waals surface area (Å²) in [6.07, 6.45) is 2.79. The molecule has 0 saturated heterocycles. The average molecular weight is 275 g/mol.